The van der Waals surface area contributed by atoms with Crippen molar-refractivity contribution in [2.24, 2.45) is 0 Å². The third-order valence-electron chi connectivity index (χ3n) is 27.7. The molecule has 12 aromatic rings. The SMILES string of the molecule is CC(C)c1ccc2c(c1)C(=O)N(C)C2.CC(C)c1ccc2c(c1)C(=O)N(C)C2.CC(C)c1ccc2c(c1)CC(=O)N(C)C2.CC(C)c1ccc2c(c1)CC(=O)N(C)C2.CC(C)c1ccc2c(c1)CN(C)C(=O)C2.CC(C)c1ccc2c(c1)CN(C)C(=O)C2.CC(C)c1ccc2c(c1)S(=O)(=O)N(C)C2=O.CC(C)c1ccc2c(c1)S(=O)(=O)N(C)C2=O.CC(C)c1ccc2nc[nH]c2c1.CC(C)c1ccc2nc[nH]c2c1. The van der Waals surface area contributed by atoms with Gasteiger partial charge in [-0.15, -0.1) is 0 Å². The van der Waals surface area contributed by atoms with Crippen LogP contribution in [0.5, 0.6) is 0 Å². The summed E-state index contributed by atoms with van der Waals surface area (Å²) in [6.45, 7) is 47.3. The summed E-state index contributed by atoms with van der Waals surface area (Å²) in [6.07, 6.45) is 5.71. The summed E-state index contributed by atoms with van der Waals surface area (Å²) in [5.74, 6) is 5.08. The van der Waals surface area contributed by atoms with Crippen molar-refractivity contribution < 1.29 is 55.2 Å². The van der Waals surface area contributed by atoms with E-state index in [2.05, 4.69) is 264 Å². The first-order valence-corrected chi connectivity index (χ1v) is 53.0. The van der Waals surface area contributed by atoms with Crippen molar-refractivity contribution in [3.05, 3.63) is 328 Å². The van der Waals surface area contributed by atoms with Gasteiger partial charge in [-0.3, -0.25) is 38.4 Å². The molecule has 0 saturated heterocycles. The van der Waals surface area contributed by atoms with Crippen molar-refractivity contribution in [1.29, 1.82) is 0 Å². The predicted molar refractivity (Wildman–Crippen MR) is 575 cm³/mol. The maximum Gasteiger partial charge on any atom is 0.268 e. The van der Waals surface area contributed by atoms with Crippen LogP contribution in [-0.4, -0.2) is 178 Å². The Bertz CT molecular complexity index is 6570. The van der Waals surface area contributed by atoms with Crippen LogP contribution in [0.1, 0.15) is 350 Å². The number of imidazole rings is 2. The molecule has 10 heterocycles. The van der Waals surface area contributed by atoms with Crippen molar-refractivity contribution in [3.63, 3.8) is 0 Å². The number of aromatic nitrogens is 4. The normalized spacial score (nSPS) is 15.4. The molecule has 24 nitrogen and oxygen atoms in total. The molecule has 0 aliphatic carbocycles. The van der Waals surface area contributed by atoms with Crippen LogP contribution in [0.2, 0.25) is 0 Å². The second-order valence-corrected chi connectivity index (χ2v) is 45.8. The molecule has 0 spiro atoms. The van der Waals surface area contributed by atoms with Crippen LogP contribution in [0.25, 0.3) is 22.1 Å². The minimum atomic E-state index is -3.61. The maximum atomic E-state index is 11.9. The Morgan fingerprint density at radius 3 is 0.743 bits per heavy atom. The molecule has 0 bridgehead atoms. The van der Waals surface area contributed by atoms with Gasteiger partial charge in [0.1, 0.15) is 9.79 Å². The van der Waals surface area contributed by atoms with Crippen LogP contribution < -0.4 is 0 Å². The Kier molecular flexibility index (Phi) is 36.7. The molecule has 20 rings (SSSR count). The summed E-state index contributed by atoms with van der Waals surface area (Å²) >= 11 is 0. The number of aromatic amines is 2. The minimum absolute atomic E-state index is 0.131. The lowest BCUT2D eigenvalue weighted by Gasteiger charge is -2.25. The molecule has 0 saturated carbocycles. The van der Waals surface area contributed by atoms with Gasteiger partial charge in [-0.1, -0.05) is 260 Å². The number of likely N-dealkylation sites (N-methyl/N-ethyl adjacent to an activating group) is 4. The number of benzene rings is 10. The molecule has 8 amide bonds. The highest BCUT2D eigenvalue weighted by atomic mass is 32.2. The van der Waals surface area contributed by atoms with Gasteiger partial charge in [0.25, 0.3) is 43.7 Å². The van der Waals surface area contributed by atoms with Gasteiger partial charge >= 0.3 is 0 Å². The Hall–Kier alpha value is -13.2. The molecule has 2 N–H and O–H groups in total. The molecule has 26 heteroatoms. The molecule has 0 unspecified atom stereocenters. The fraction of sp³-hybridized carbons (Fsp3) is 0.407. The first-order valence-electron chi connectivity index (χ1n) is 50.1. The van der Waals surface area contributed by atoms with Gasteiger partial charge in [0, 0.05) is 107 Å². The number of nitrogens with zero attached hydrogens (tertiary/aromatic N) is 10. The summed E-state index contributed by atoms with van der Waals surface area (Å²) in [5, 5.41) is 0. The fourth-order valence-corrected chi connectivity index (χ4v) is 20.2. The number of amides is 8. The smallest absolute Gasteiger partial charge is 0.268 e. The first kappa shape index (κ1) is 111. The molecule has 0 atom stereocenters. The molecule has 0 fully saturated rings. The molecule has 764 valence electrons. The highest BCUT2D eigenvalue weighted by Gasteiger charge is 2.41. The van der Waals surface area contributed by atoms with E-state index in [0.29, 0.717) is 73.0 Å². The molecule has 8 aliphatic heterocycles. The van der Waals surface area contributed by atoms with Crippen LogP contribution >= 0.6 is 0 Å². The lowest BCUT2D eigenvalue weighted by molar-refractivity contribution is -0.131. The first-order chi connectivity index (χ1) is 67.7. The second-order valence-electron chi connectivity index (χ2n) is 41.9. The minimum Gasteiger partial charge on any atom is -0.345 e. The van der Waals surface area contributed by atoms with Gasteiger partial charge < -0.3 is 39.4 Å². The van der Waals surface area contributed by atoms with E-state index in [0.717, 1.165) is 103 Å². The molecule has 8 aliphatic rings. The van der Waals surface area contributed by atoms with Gasteiger partial charge in [-0.25, -0.2) is 35.4 Å². The van der Waals surface area contributed by atoms with Gasteiger partial charge in [0.05, 0.1) is 71.5 Å². The Labute approximate surface area is 854 Å². The Morgan fingerprint density at radius 1 is 0.229 bits per heavy atom. The Balaban J connectivity index is 0.000000153. The van der Waals surface area contributed by atoms with Gasteiger partial charge in [-0.2, -0.15) is 0 Å². The number of sulfonamides is 2. The number of fused-ring (bicyclic) bond motifs is 10. The number of rotatable bonds is 10. The summed E-state index contributed by atoms with van der Waals surface area (Å²) < 4.78 is 49.1. The average molecular weight is 1990 g/mol. The average Bonchev–Trinajstić information content (AvgIpc) is 1.60. The van der Waals surface area contributed by atoms with E-state index in [1.807, 2.05) is 82.1 Å². The van der Waals surface area contributed by atoms with Crippen molar-refractivity contribution in [3.8, 4) is 0 Å². The monoisotopic (exact) mass is 1990 g/mol. The van der Waals surface area contributed by atoms with Crippen molar-refractivity contribution in [2.75, 3.05) is 56.4 Å². The molecular formula is C118H148N12O12S2. The number of hydrogen-bond donors (Lipinski definition) is 2. The zero-order valence-electron chi connectivity index (χ0n) is 89.5. The van der Waals surface area contributed by atoms with E-state index in [4.69, 9.17) is 0 Å². The quantitative estimate of drug-likeness (QED) is 0.129. The van der Waals surface area contributed by atoms with Gasteiger partial charge in [0.15, 0.2) is 0 Å². The molecular weight excluding hydrogens is 1840 g/mol. The van der Waals surface area contributed by atoms with E-state index < -0.39 is 31.9 Å². The summed E-state index contributed by atoms with van der Waals surface area (Å²) in [4.78, 5) is 118. The van der Waals surface area contributed by atoms with Crippen LogP contribution in [-0.2, 0) is 104 Å². The molecule has 144 heavy (non-hydrogen) atoms. The number of hydrogen-bond acceptors (Lipinski definition) is 14. The predicted octanol–water partition coefficient (Wildman–Crippen LogP) is 22.6. The Morgan fingerprint density at radius 2 is 0.451 bits per heavy atom. The zero-order chi connectivity index (χ0) is 106. The van der Waals surface area contributed by atoms with Crippen LogP contribution in [0, 0.1) is 0 Å². The van der Waals surface area contributed by atoms with E-state index in [9.17, 15) is 55.2 Å². The van der Waals surface area contributed by atoms with Gasteiger partial charge in [-0.05, 0) is 231 Å². The number of H-pyrrole nitrogens is 2. The van der Waals surface area contributed by atoms with E-state index >= 15 is 0 Å². The van der Waals surface area contributed by atoms with E-state index in [-0.39, 0.29) is 68.2 Å². The number of carbonyl (C=O) groups excluding carboxylic acids is 8. The van der Waals surface area contributed by atoms with Crippen LogP contribution in [0.3, 0.4) is 0 Å². The molecule has 0 radical (unpaired) electrons. The van der Waals surface area contributed by atoms with E-state index in [1.54, 1.807) is 78.5 Å². The standard InChI is InChI=1S/4C13H17NO.2C12H15NO.2C11H13NO3S.2C10H12N2/c2*1-9(2)10-4-5-11-8-14(3)13(15)7-12(11)6-10;2*1-9(2)10-4-5-11-7-13(15)14(3)8-12(11)6-10;2*1-8(2)9-4-5-10-7-13(3)12(14)11(10)6-9;2*1-7(2)8-4-5-9-10(6-8)16(14,15)12(3)11(9)13;2*1-7(2)8-3-4-9-10(5-8)12-6-11-9/h4*4-6,9H,7-8H2,1-3H3;2*4-6,8H,7H2,1-3H3;2*4-7H,1-3H3;2*3-7H,1-2H3,(H,11,12). The summed E-state index contributed by atoms with van der Waals surface area (Å²) in [7, 11) is 6.51. The fourth-order valence-electron chi connectivity index (χ4n) is 17.6. The third-order valence-corrected chi connectivity index (χ3v) is 31.3. The highest BCUT2D eigenvalue weighted by Crippen LogP contribution is 2.37. The number of carbonyl (C=O) groups is 8. The second kappa shape index (κ2) is 47.6. The van der Waals surface area contributed by atoms with Crippen LogP contribution in [0.4, 0.5) is 0 Å². The van der Waals surface area contributed by atoms with Crippen molar-refractivity contribution >= 4 is 89.4 Å². The topological polar surface area (TPSA) is 288 Å². The maximum absolute atomic E-state index is 11.9. The summed E-state index contributed by atoms with van der Waals surface area (Å²) in [5.41, 5.74) is 31.4. The third kappa shape index (κ3) is 26.7. The zero-order valence-corrected chi connectivity index (χ0v) is 91.1. The van der Waals surface area contributed by atoms with Crippen molar-refractivity contribution in [1.82, 2.24) is 57.9 Å². The van der Waals surface area contributed by atoms with Crippen LogP contribution in [0.15, 0.2) is 204 Å². The van der Waals surface area contributed by atoms with Crippen molar-refractivity contribution in [2.45, 2.75) is 272 Å². The molecule has 2 aromatic heterocycles. The highest BCUT2D eigenvalue weighted by molar-refractivity contribution is 7.90. The lowest BCUT2D eigenvalue weighted by atomic mass is 9.93. The largest absolute Gasteiger partial charge is 0.345 e. The number of nitrogens with one attached hydrogen (secondary N) is 2. The summed E-state index contributed by atoms with van der Waals surface area (Å²) in [6, 6.07) is 61.1. The van der Waals surface area contributed by atoms with Gasteiger partial charge in [0.2, 0.25) is 23.6 Å². The molecule has 10 aromatic carbocycles. The van der Waals surface area contributed by atoms with E-state index in [1.165, 1.54) is 103 Å². The lowest BCUT2D eigenvalue weighted by Crippen LogP contribution is -2.32.